The van der Waals surface area contributed by atoms with Gasteiger partial charge in [0.05, 0.1) is 17.7 Å². The van der Waals surface area contributed by atoms with Crippen LogP contribution in [0.2, 0.25) is 5.02 Å². The Morgan fingerprint density at radius 3 is 2.53 bits per heavy atom. The standard InChI is InChI=1S/C25H25ClF2N4O5S/c1-12(33)32(11-17(34)37-2)14-5-3-13(4-6-14)21-18(25(35)36)22(15-7-8-16(27)20(28)19(15)26)31-23(30-21)24-29-9-10-38-24/h7-10,13-14,22H,3-6,11H2,1-2H3,(H,30,31)(H,35,36). The Morgan fingerprint density at radius 1 is 1.24 bits per heavy atom. The summed E-state index contributed by atoms with van der Waals surface area (Å²) in [5.41, 5.74) is 0.273. The van der Waals surface area contributed by atoms with Gasteiger partial charge < -0.3 is 20.1 Å². The van der Waals surface area contributed by atoms with Gasteiger partial charge in [-0.15, -0.1) is 11.3 Å². The van der Waals surface area contributed by atoms with Gasteiger partial charge in [-0.25, -0.2) is 18.6 Å². The molecule has 1 aromatic heterocycles. The van der Waals surface area contributed by atoms with Crippen LogP contribution in [-0.2, 0) is 19.1 Å². The molecule has 1 amide bonds. The zero-order valence-corrected chi connectivity index (χ0v) is 22.1. The maximum Gasteiger partial charge on any atom is 0.335 e. The molecule has 0 saturated heterocycles. The smallest absolute Gasteiger partial charge is 0.335 e. The van der Waals surface area contributed by atoms with Gasteiger partial charge in [0, 0.05) is 35.8 Å². The van der Waals surface area contributed by atoms with Gasteiger partial charge in [-0.1, -0.05) is 17.7 Å². The molecular formula is C25H25ClF2N4O5S. The van der Waals surface area contributed by atoms with Crippen LogP contribution in [0.1, 0.15) is 49.2 Å². The fraction of sp³-hybridized carbons (Fsp3) is 0.400. The number of ether oxygens (including phenoxy) is 1. The maximum atomic E-state index is 14.4. The number of allylic oxidation sites excluding steroid dienone is 1. The monoisotopic (exact) mass is 566 g/mol. The number of aromatic nitrogens is 1. The summed E-state index contributed by atoms with van der Waals surface area (Å²) in [4.78, 5) is 46.8. The number of hydrogen-bond acceptors (Lipinski definition) is 8. The molecule has 1 aliphatic heterocycles. The van der Waals surface area contributed by atoms with Crippen LogP contribution in [0.5, 0.6) is 0 Å². The molecule has 2 aliphatic rings. The van der Waals surface area contributed by atoms with Crippen molar-refractivity contribution in [3.05, 3.63) is 62.2 Å². The molecule has 2 aromatic rings. The van der Waals surface area contributed by atoms with E-state index in [0.29, 0.717) is 42.2 Å². The number of methoxy groups -OCH3 is 1. The summed E-state index contributed by atoms with van der Waals surface area (Å²) in [6.07, 6.45) is 3.60. The van der Waals surface area contributed by atoms with E-state index < -0.39 is 34.6 Å². The first-order valence-corrected chi connectivity index (χ1v) is 13.1. The number of amidine groups is 1. The number of amides is 1. The molecule has 38 heavy (non-hydrogen) atoms. The molecule has 9 nitrogen and oxygen atoms in total. The third-order valence-electron chi connectivity index (χ3n) is 6.78. The van der Waals surface area contributed by atoms with Crippen molar-refractivity contribution in [3.8, 4) is 0 Å². The minimum Gasteiger partial charge on any atom is -0.478 e. The lowest BCUT2D eigenvalue weighted by Crippen LogP contribution is -2.45. The van der Waals surface area contributed by atoms with Crippen LogP contribution < -0.4 is 5.32 Å². The minimum atomic E-state index is -1.28. The number of thiazole rings is 1. The van der Waals surface area contributed by atoms with E-state index in [2.05, 4.69) is 15.3 Å². The molecule has 1 fully saturated rings. The fourth-order valence-electron chi connectivity index (χ4n) is 4.93. The van der Waals surface area contributed by atoms with Crippen LogP contribution >= 0.6 is 22.9 Å². The van der Waals surface area contributed by atoms with E-state index in [0.717, 1.165) is 6.07 Å². The quantitative estimate of drug-likeness (QED) is 0.382. The van der Waals surface area contributed by atoms with Gasteiger partial charge in [0.2, 0.25) is 5.91 Å². The van der Waals surface area contributed by atoms with Crippen molar-refractivity contribution in [1.82, 2.24) is 15.2 Å². The second kappa shape index (κ2) is 11.6. The summed E-state index contributed by atoms with van der Waals surface area (Å²) in [7, 11) is 1.25. The molecule has 2 heterocycles. The highest BCUT2D eigenvalue weighted by Crippen LogP contribution is 2.42. The van der Waals surface area contributed by atoms with Gasteiger partial charge in [-0.05, 0) is 37.7 Å². The van der Waals surface area contributed by atoms with Gasteiger partial charge in [0.25, 0.3) is 0 Å². The Balaban J connectivity index is 1.70. The van der Waals surface area contributed by atoms with Crippen molar-refractivity contribution in [2.75, 3.05) is 13.7 Å². The van der Waals surface area contributed by atoms with E-state index in [1.165, 1.54) is 36.3 Å². The first kappa shape index (κ1) is 27.6. The molecular weight excluding hydrogens is 542 g/mol. The fourth-order valence-corrected chi connectivity index (χ4v) is 5.77. The molecule has 13 heteroatoms. The first-order chi connectivity index (χ1) is 18.1. The third-order valence-corrected chi connectivity index (χ3v) is 7.94. The molecule has 1 saturated carbocycles. The van der Waals surface area contributed by atoms with E-state index in [9.17, 15) is 28.3 Å². The zero-order chi connectivity index (χ0) is 27.6. The molecule has 1 aliphatic carbocycles. The van der Waals surface area contributed by atoms with Gasteiger partial charge in [0.15, 0.2) is 22.5 Å². The SMILES string of the molecule is COC(=O)CN(C(C)=O)C1CCC(C2=C(C(=O)O)C(c3ccc(F)c(F)c3Cl)N=C(c3nccs3)N2)CC1. The van der Waals surface area contributed by atoms with Gasteiger partial charge in [0.1, 0.15) is 12.6 Å². The van der Waals surface area contributed by atoms with Crippen molar-refractivity contribution in [3.63, 3.8) is 0 Å². The average Bonchev–Trinajstić information content (AvgIpc) is 3.45. The summed E-state index contributed by atoms with van der Waals surface area (Å²) >= 11 is 7.42. The van der Waals surface area contributed by atoms with Crippen LogP contribution in [0.3, 0.4) is 0 Å². The molecule has 4 rings (SSSR count). The number of carboxylic acids is 1. The average molecular weight is 567 g/mol. The van der Waals surface area contributed by atoms with Gasteiger partial charge >= 0.3 is 11.9 Å². The molecule has 1 unspecified atom stereocenters. The summed E-state index contributed by atoms with van der Waals surface area (Å²) in [6.45, 7) is 1.22. The highest BCUT2D eigenvalue weighted by Gasteiger charge is 2.38. The second-order valence-corrected chi connectivity index (χ2v) is 10.2. The molecule has 1 atom stereocenters. The lowest BCUT2D eigenvalue weighted by Gasteiger charge is -2.38. The topological polar surface area (TPSA) is 121 Å². The molecule has 0 bridgehead atoms. The normalized spacial score (nSPS) is 21.4. The van der Waals surface area contributed by atoms with Crippen molar-refractivity contribution in [2.24, 2.45) is 10.9 Å². The number of benzene rings is 1. The number of carboxylic acid groups (broad SMARTS) is 1. The van der Waals surface area contributed by atoms with Crippen LogP contribution in [0, 0.1) is 17.6 Å². The van der Waals surface area contributed by atoms with Crippen molar-refractivity contribution >= 4 is 46.6 Å². The molecule has 1 aromatic carbocycles. The largest absolute Gasteiger partial charge is 0.478 e. The van der Waals surface area contributed by atoms with Gasteiger partial charge in [-0.2, -0.15) is 0 Å². The van der Waals surface area contributed by atoms with Crippen LogP contribution in [0.15, 0.2) is 40.0 Å². The lowest BCUT2D eigenvalue weighted by molar-refractivity contribution is -0.148. The summed E-state index contributed by atoms with van der Waals surface area (Å²) in [5, 5.41) is 15.1. The highest BCUT2D eigenvalue weighted by molar-refractivity contribution is 7.11. The van der Waals surface area contributed by atoms with Crippen molar-refractivity contribution in [1.29, 1.82) is 0 Å². The number of rotatable bonds is 7. The van der Waals surface area contributed by atoms with E-state index >= 15 is 0 Å². The van der Waals surface area contributed by atoms with Crippen molar-refractivity contribution < 1.29 is 33.0 Å². The highest BCUT2D eigenvalue weighted by atomic mass is 35.5. The second-order valence-electron chi connectivity index (χ2n) is 8.97. The zero-order valence-electron chi connectivity index (χ0n) is 20.5. The first-order valence-electron chi connectivity index (χ1n) is 11.8. The Hall–Kier alpha value is -3.38. The van der Waals surface area contributed by atoms with Crippen LogP contribution in [0.25, 0.3) is 0 Å². The Bertz CT molecular complexity index is 1310. The number of hydrogen-bond donors (Lipinski definition) is 2. The molecule has 2 N–H and O–H groups in total. The number of esters is 1. The summed E-state index contributed by atoms with van der Waals surface area (Å²) in [5.74, 6) is -4.48. The molecule has 0 radical (unpaired) electrons. The summed E-state index contributed by atoms with van der Waals surface area (Å²) in [6, 6.07) is 0.688. The number of aliphatic carboxylic acids is 1. The number of nitrogens with one attached hydrogen (secondary N) is 1. The Labute approximate surface area is 226 Å². The van der Waals surface area contributed by atoms with E-state index in [1.807, 2.05) is 0 Å². The Kier molecular flexibility index (Phi) is 8.41. The predicted molar refractivity (Wildman–Crippen MR) is 136 cm³/mol. The summed E-state index contributed by atoms with van der Waals surface area (Å²) < 4.78 is 32.9. The number of carbonyl (C=O) groups excluding carboxylic acids is 2. The van der Waals surface area contributed by atoms with E-state index in [1.54, 1.807) is 11.6 Å². The van der Waals surface area contributed by atoms with E-state index in [-0.39, 0.29) is 35.5 Å². The van der Waals surface area contributed by atoms with Gasteiger partial charge in [-0.3, -0.25) is 14.6 Å². The van der Waals surface area contributed by atoms with E-state index in [4.69, 9.17) is 16.3 Å². The Morgan fingerprint density at radius 2 is 1.95 bits per heavy atom. The van der Waals surface area contributed by atoms with Crippen LogP contribution in [0.4, 0.5) is 8.78 Å². The molecule has 202 valence electrons. The molecule has 0 spiro atoms. The lowest BCUT2D eigenvalue weighted by atomic mass is 9.80. The van der Waals surface area contributed by atoms with Crippen LogP contribution in [-0.4, -0.2) is 58.4 Å². The predicted octanol–water partition coefficient (Wildman–Crippen LogP) is 4.08. The number of nitrogens with zero attached hydrogens (tertiary/aromatic N) is 3. The maximum absolute atomic E-state index is 14.4. The number of halogens is 3. The minimum absolute atomic E-state index is 0.0190. The van der Waals surface area contributed by atoms with Crippen molar-refractivity contribution in [2.45, 2.75) is 44.7 Å². The number of carbonyl (C=O) groups is 3. The third kappa shape index (κ3) is 5.56. The number of aliphatic imine (C=N–C) groups is 1.